The monoisotopic (exact) mass is 321 g/mol. The Kier molecular flexibility index (Phi) is 3.69. The number of carbonyl (C=O) groups excluding carboxylic acids is 1. The van der Waals surface area contributed by atoms with E-state index in [4.69, 9.17) is 16.7 Å². The normalized spacial score (nSPS) is 14.1. The second-order valence-electron chi connectivity index (χ2n) is 4.83. The van der Waals surface area contributed by atoms with Crippen LogP contribution in [0, 0.1) is 0 Å². The summed E-state index contributed by atoms with van der Waals surface area (Å²) >= 11 is 7.36. The van der Waals surface area contributed by atoms with Crippen LogP contribution in [0.25, 0.3) is 0 Å². The number of rotatable bonds is 3. The zero-order chi connectivity index (χ0) is 15.0. The minimum absolute atomic E-state index is 0.0510. The largest absolute Gasteiger partial charge is 0.478 e. The standard InChI is InChI=1S/C15H12ClNO3S/c16-13-5-3-11(21-13)8-17-12-4-1-10(15(19)20)7-9(12)2-6-14(17)18/h1,3-5,7H,2,6,8H2,(H,19,20). The van der Waals surface area contributed by atoms with Gasteiger partial charge in [-0.3, -0.25) is 4.79 Å². The number of carboxylic acids is 1. The van der Waals surface area contributed by atoms with Crippen molar-refractivity contribution in [3.63, 3.8) is 0 Å². The molecule has 3 rings (SSSR count). The van der Waals surface area contributed by atoms with Gasteiger partial charge in [0.25, 0.3) is 0 Å². The third-order valence-corrected chi connectivity index (χ3v) is 4.69. The van der Waals surface area contributed by atoms with Gasteiger partial charge in [-0.1, -0.05) is 11.6 Å². The molecule has 2 aromatic rings. The topological polar surface area (TPSA) is 57.6 Å². The molecule has 108 valence electrons. The van der Waals surface area contributed by atoms with Gasteiger partial charge in [-0.15, -0.1) is 11.3 Å². The van der Waals surface area contributed by atoms with Crippen LogP contribution in [0.1, 0.15) is 27.2 Å². The lowest BCUT2D eigenvalue weighted by Crippen LogP contribution is -2.34. The van der Waals surface area contributed by atoms with Crippen LogP contribution in [0.4, 0.5) is 5.69 Å². The second kappa shape index (κ2) is 5.50. The highest BCUT2D eigenvalue weighted by Gasteiger charge is 2.25. The number of benzene rings is 1. The maximum Gasteiger partial charge on any atom is 0.335 e. The molecule has 0 bridgehead atoms. The summed E-state index contributed by atoms with van der Waals surface area (Å²) in [6, 6.07) is 8.61. The Labute approximate surface area is 130 Å². The Bertz CT molecular complexity index is 725. The van der Waals surface area contributed by atoms with Crippen LogP contribution in [0.15, 0.2) is 30.3 Å². The Morgan fingerprint density at radius 3 is 2.76 bits per heavy atom. The number of fused-ring (bicyclic) bond motifs is 1. The van der Waals surface area contributed by atoms with E-state index in [1.165, 1.54) is 17.4 Å². The second-order valence-corrected chi connectivity index (χ2v) is 6.63. The fraction of sp³-hybridized carbons (Fsp3) is 0.200. The number of aryl methyl sites for hydroxylation is 1. The predicted octanol–water partition coefficient (Wildman–Crippen LogP) is 3.58. The number of amides is 1. The number of carboxylic acid groups (broad SMARTS) is 1. The Balaban J connectivity index is 1.95. The molecule has 0 radical (unpaired) electrons. The first kappa shape index (κ1) is 14.1. The number of halogens is 1. The van der Waals surface area contributed by atoms with Crippen molar-refractivity contribution in [1.82, 2.24) is 0 Å². The van der Waals surface area contributed by atoms with E-state index in [0.717, 1.165) is 16.1 Å². The number of nitrogens with zero attached hydrogens (tertiary/aromatic N) is 1. The molecule has 4 nitrogen and oxygen atoms in total. The molecule has 0 saturated heterocycles. The molecule has 1 aliphatic rings. The molecule has 1 aliphatic heterocycles. The predicted molar refractivity (Wildman–Crippen MR) is 82.2 cm³/mol. The highest BCUT2D eigenvalue weighted by atomic mass is 35.5. The number of carbonyl (C=O) groups is 2. The molecular weight excluding hydrogens is 310 g/mol. The van der Waals surface area contributed by atoms with Crippen LogP contribution < -0.4 is 4.90 Å². The van der Waals surface area contributed by atoms with E-state index < -0.39 is 5.97 Å². The lowest BCUT2D eigenvalue weighted by atomic mass is 9.98. The van der Waals surface area contributed by atoms with Crippen LogP contribution in [-0.2, 0) is 17.8 Å². The summed E-state index contributed by atoms with van der Waals surface area (Å²) in [5, 5.41) is 9.05. The molecule has 1 N–H and O–H groups in total. The number of hydrogen-bond acceptors (Lipinski definition) is 3. The third-order valence-electron chi connectivity index (χ3n) is 3.47. The molecule has 0 aliphatic carbocycles. The molecule has 1 aromatic heterocycles. The number of thiophene rings is 1. The summed E-state index contributed by atoms with van der Waals surface area (Å²) in [6.07, 6.45) is 0.978. The van der Waals surface area contributed by atoms with Crippen molar-refractivity contribution in [2.75, 3.05) is 4.90 Å². The van der Waals surface area contributed by atoms with E-state index in [-0.39, 0.29) is 11.5 Å². The van der Waals surface area contributed by atoms with Crippen LogP contribution >= 0.6 is 22.9 Å². The van der Waals surface area contributed by atoms with Gasteiger partial charge in [-0.25, -0.2) is 4.79 Å². The molecule has 0 spiro atoms. The van der Waals surface area contributed by atoms with Crippen molar-refractivity contribution in [2.24, 2.45) is 0 Å². The van der Waals surface area contributed by atoms with E-state index in [9.17, 15) is 9.59 Å². The Morgan fingerprint density at radius 2 is 2.10 bits per heavy atom. The maximum atomic E-state index is 12.2. The molecule has 1 aromatic carbocycles. The van der Waals surface area contributed by atoms with E-state index in [1.807, 2.05) is 12.1 Å². The molecule has 0 fully saturated rings. The Morgan fingerprint density at radius 1 is 1.29 bits per heavy atom. The summed E-state index contributed by atoms with van der Waals surface area (Å²) in [7, 11) is 0. The van der Waals surface area contributed by atoms with Crippen LogP contribution in [0.2, 0.25) is 4.34 Å². The van der Waals surface area contributed by atoms with Gasteiger partial charge in [0, 0.05) is 17.0 Å². The number of aromatic carboxylic acids is 1. The maximum absolute atomic E-state index is 12.2. The summed E-state index contributed by atoms with van der Waals surface area (Å²) in [6.45, 7) is 0.468. The zero-order valence-electron chi connectivity index (χ0n) is 11.0. The minimum Gasteiger partial charge on any atom is -0.478 e. The third kappa shape index (κ3) is 2.80. The van der Waals surface area contributed by atoms with Gasteiger partial charge in [-0.2, -0.15) is 0 Å². The fourth-order valence-corrected chi connectivity index (χ4v) is 3.54. The number of hydrogen-bond donors (Lipinski definition) is 1. The first-order valence-electron chi connectivity index (χ1n) is 6.45. The SMILES string of the molecule is O=C(O)c1ccc2c(c1)CCC(=O)N2Cc1ccc(Cl)s1. The lowest BCUT2D eigenvalue weighted by Gasteiger charge is -2.29. The van der Waals surface area contributed by atoms with Gasteiger partial charge in [0.15, 0.2) is 0 Å². The molecular formula is C15H12ClNO3S. The van der Waals surface area contributed by atoms with Crippen molar-refractivity contribution in [3.05, 3.63) is 50.7 Å². The summed E-state index contributed by atoms with van der Waals surface area (Å²) in [4.78, 5) is 25.9. The van der Waals surface area contributed by atoms with Crippen molar-refractivity contribution >= 4 is 40.5 Å². The van der Waals surface area contributed by atoms with Gasteiger partial charge in [-0.05, 0) is 42.3 Å². The molecule has 6 heteroatoms. The van der Waals surface area contributed by atoms with E-state index in [0.29, 0.717) is 23.7 Å². The van der Waals surface area contributed by atoms with Crippen molar-refractivity contribution in [3.8, 4) is 0 Å². The smallest absolute Gasteiger partial charge is 0.335 e. The molecule has 0 atom stereocenters. The molecule has 2 heterocycles. The van der Waals surface area contributed by atoms with E-state index in [2.05, 4.69) is 0 Å². The minimum atomic E-state index is -0.953. The van der Waals surface area contributed by atoms with Crippen molar-refractivity contribution in [1.29, 1.82) is 0 Å². The van der Waals surface area contributed by atoms with E-state index >= 15 is 0 Å². The van der Waals surface area contributed by atoms with Crippen LogP contribution in [0.5, 0.6) is 0 Å². The van der Waals surface area contributed by atoms with Crippen LogP contribution in [-0.4, -0.2) is 17.0 Å². The average Bonchev–Trinajstić information content (AvgIpc) is 2.87. The highest BCUT2D eigenvalue weighted by Crippen LogP contribution is 2.32. The van der Waals surface area contributed by atoms with Crippen molar-refractivity contribution < 1.29 is 14.7 Å². The van der Waals surface area contributed by atoms with Crippen molar-refractivity contribution in [2.45, 2.75) is 19.4 Å². The van der Waals surface area contributed by atoms with Gasteiger partial charge >= 0.3 is 5.97 Å². The zero-order valence-corrected chi connectivity index (χ0v) is 12.6. The quantitative estimate of drug-likeness (QED) is 0.940. The summed E-state index contributed by atoms with van der Waals surface area (Å²) < 4.78 is 0.691. The van der Waals surface area contributed by atoms with Gasteiger partial charge < -0.3 is 10.0 Å². The van der Waals surface area contributed by atoms with Crippen LogP contribution in [0.3, 0.4) is 0 Å². The van der Waals surface area contributed by atoms with Gasteiger partial charge in [0.05, 0.1) is 16.4 Å². The fourth-order valence-electron chi connectivity index (χ4n) is 2.46. The lowest BCUT2D eigenvalue weighted by molar-refractivity contribution is -0.119. The molecule has 21 heavy (non-hydrogen) atoms. The summed E-state index contributed by atoms with van der Waals surface area (Å²) in [5.41, 5.74) is 1.94. The molecule has 1 amide bonds. The number of anilines is 1. The highest BCUT2D eigenvalue weighted by molar-refractivity contribution is 7.16. The first-order chi connectivity index (χ1) is 10.0. The average molecular weight is 322 g/mol. The summed E-state index contributed by atoms with van der Waals surface area (Å²) in [5.74, 6) is -0.901. The van der Waals surface area contributed by atoms with E-state index in [1.54, 1.807) is 17.0 Å². The first-order valence-corrected chi connectivity index (χ1v) is 7.65. The molecule has 0 unspecified atom stereocenters. The molecule has 0 saturated carbocycles. The Hall–Kier alpha value is -1.85. The van der Waals surface area contributed by atoms with Gasteiger partial charge in [0.1, 0.15) is 0 Å². The van der Waals surface area contributed by atoms with Gasteiger partial charge in [0.2, 0.25) is 5.91 Å².